The lowest BCUT2D eigenvalue weighted by Crippen LogP contribution is -2.51. The topological polar surface area (TPSA) is 79.1 Å². The number of likely N-dealkylation sites (N-methyl/N-ethyl adjacent to an activating group) is 1. The molecule has 0 aliphatic carbocycles. The number of carbonyl (C=O) groups excluding carboxylic acids is 2. The van der Waals surface area contributed by atoms with Crippen LogP contribution in [-0.4, -0.2) is 84.1 Å². The van der Waals surface area contributed by atoms with Crippen LogP contribution in [0.4, 0.5) is 0 Å². The van der Waals surface area contributed by atoms with Gasteiger partial charge in [0, 0.05) is 70.0 Å². The molecule has 8 nitrogen and oxygen atoms in total. The van der Waals surface area contributed by atoms with Gasteiger partial charge in [-0.15, -0.1) is 0 Å². The Morgan fingerprint density at radius 3 is 2.44 bits per heavy atom. The number of benzene rings is 1. The second-order valence-corrected chi connectivity index (χ2v) is 9.55. The van der Waals surface area contributed by atoms with E-state index in [1.165, 1.54) is 0 Å². The third-order valence-corrected chi connectivity index (χ3v) is 7.11. The smallest absolute Gasteiger partial charge is 0.223 e. The van der Waals surface area contributed by atoms with Gasteiger partial charge in [0.05, 0.1) is 5.69 Å². The molecule has 0 radical (unpaired) electrons. The molecule has 8 heteroatoms. The van der Waals surface area contributed by atoms with Crippen molar-refractivity contribution in [3.63, 3.8) is 0 Å². The molecule has 0 saturated carbocycles. The van der Waals surface area contributed by atoms with Gasteiger partial charge >= 0.3 is 0 Å². The van der Waals surface area contributed by atoms with Crippen LogP contribution in [0.25, 0.3) is 0 Å². The molecular formula is C26H36N4O4. The summed E-state index contributed by atoms with van der Waals surface area (Å²) < 4.78 is 11.5. The summed E-state index contributed by atoms with van der Waals surface area (Å²) in [6.45, 7) is 8.27. The molecule has 34 heavy (non-hydrogen) atoms. The molecule has 3 heterocycles. The Labute approximate surface area is 201 Å². The molecule has 1 aromatic carbocycles. The zero-order valence-electron chi connectivity index (χ0n) is 20.5. The zero-order chi connectivity index (χ0) is 24.1. The molecule has 2 fully saturated rings. The summed E-state index contributed by atoms with van der Waals surface area (Å²) >= 11 is 0. The van der Waals surface area contributed by atoms with E-state index in [-0.39, 0.29) is 23.8 Å². The third-order valence-electron chi connectivity index (χ3n) is 7.11. The summed E-state index contributed by atoms with van der Waals surface area (Å²) in [4.78, 5) is 32.3. The van der Waals surface area contributed by atoms with Gasteiger partial charge in [0.2, 0.25) is 11.8 Å². The van der Waals surface area contributed by atoms with Crippen LogP contribution in [0, 0.1) is 19.8 Å². The molecule has 0 spiro atoms. The van der Waals surface area contributed by atoms with E-state index < -0.39 is 0 Å². The maximum absolute atomic E-state index is 13.1. The van der Waals surface area contributed by atoms with Crippen molar-refractivity contribution in [3.8, 4) is 5.75 Å². The van der Waals surface area contributed by atoms with Crippen molar-refractivity contribution in [1.82, 2.24) is 19.9 Å². The average Bonchev–Trinajstić information content (AvgIpc) is 3.16. The summed E-state index contributed by atoms with van der Waals surface area (Å²) in [6, 6.07) is 9.75. The number of amides is 2. The van der Waals surface area contributed by atoms with Crippen LogP contribution >= 0.6 is 0 Å². The van der Waals surface area contributed by atoms with E-state index in [0.717, 1.165) is 48.9 Å². The van der Waals surface area contributed by atoms with Crippen LogP contribution in [-0.2, 0) is 16.0 Å². The summed E-state index contributed by atoms with van der Waals surface area (Å²) in [7, 11) is 2.08. The van der Waals surface area contributed by atoms with Crippen molar-refractivity contribution >= 4 is 11.8 Å². The average molecular weight is 469 g/mol. The number of aryl methyl sites for hydroxylation is 2. The van der Waals surface area contributed by atoms with E-state index >= 15 is 0 Å². The number of piperazine rings is 1. The molecule has 184 valence electrons. The second-order valence-electron chi connectivity index (χ2n) is 9.55. The molecular weight excluding hydrogens is 432 g/mol. The minimum atomic E-state index is -0.0922. The van der Waals surface area contributed by atoms with Crippen LogP contribution in [0.5, 0.6) is 5.75 Å². The second kappa shape index (κ2) is 11.0. The largest absolute Gasteiger partial charge is 0.490 e. The van der Waals surface area contributed by atoms with Crippen LogP contribution in [0.2, 0.25) is 0 Å². The predicted octanol–water partition coefficient (Wildman–Crippen LogP) is 2.68. The Kier molecular flexibility index (Phi) is 7.88. The van der Waals surface area contributed by atoms with Gasteiger partial charge in [0.25, 0.3) is 0 Å². The summed E-state index contributed by atoms with van der Waals surface area (Å²) in [6.07, 6.45) is 2.05. The van der Waals surface area contributed by atoms with Gasteiger partial charge in [0.15, 0.2) is 0 Å². The quantitative estimate of drug-likeness (QED) is 0.622. The van der Waals surface area contributed by atoms with Crippen LogP contribution in [0.3, 0.4) is 0 Å². The first-order valence-corrected chi connectivity index (χ1v) is 12.3. The minimum absolute atomic E-state index is 0.0378. The third kappa shape index (κ3) is 5.97. The molecule has 2 saturated heterocycles. The molecule has 2 aliphatic heterocycles. The van der Waals surface area contributed by atoms with Crippen LogP contribution in [0.15, 0.2) is 34.9 Å². The molecule has 2 aromatic rings. The van der Waals surface area contributed by atoms with E-state index in [2.05, 4.69) is 17.1 Å². The minimum Gasteiger partial charge on any atom is -0.490 e. The Morgan fingerprint density at radius 2 is 1.76 bits per heavy atom. The number of hydrogen-bond acceptors (Lipinski definition) is 6. The van der Waals surface area contributed by atoms with E-state index in [4.69, 9.17) is 9.26 Å². The number of aromatic nitrogens is 1. The lowest BCUT2D eigenvalue weighted by molar-refractivity contribution is -0.140. The van der Waals surface area contributed by atoms with Gasteiger partial charge in [-0.1, -0.05) is 23.4 Å². The maximum Gasteiger partial charge on any atom is 0.223 e. The lowest BCUT2D eigenvalue weighted by Gasteiger charge is -2.40. The highest BCUT2D eigenvalue weighted by atomic mass is 16.5. The van der Waals surface area contributed by atoms with Gasteiger partial charge in [-0.2, -0.15) is 0 Å². The van der Waals surface area contributed by atoms with Gasteiger partial charge in [-0.3, -0.25) is 9.59 Å². The number of piperidine rings is 1. The first-order chi connectivity index (χ1) is 16.4. The van der Waals surface area contributed by atoms with Crippen molar-refractivity contribution in [1.29, 1.82) is 0 Å². The van der Waals surface area contributed by atoms with Gasteiger partial charge in [0.1, 0.15) is 17.6 Å². The first kappa shape index (κ1) is 24.3. The molecule has 2 aliphatic rings. The van der Waals surface area contributed by atoms with Crippen molar-refractivity contribution < 1.29 is 18.8 Å². The number of para-hydroxylation sites is 1. The number of nitrogens with zero attached hydrogens (tertiary/aromatic N) is 4. The SMILES string of the molecule is Cc1noc(C)c1CCC(=O)N1CC[C@H](Oc2ccccc2)[C@@H](CC(=O)N2CCN(C)CC2)C1. The Balaban J connectivity index is 1.40. The van der Waals surface area contributed by atoms with Gasteiger partial charge in [-0.05, 0) is 39.4 Å². The maximum atomic E-state index is 13.1. The van der Waals surface area contributed by atoms with E-state index in [1.54, 1.807) is 0 Å². The zero-order valence-corrected chi connectivity index (χ0v) is 20.5. The molecule has 2 atom stereocenters. The number of hydrogen-bond donors (Lipinski definition) is 0. The van der Waals surface area contributed by atoms with Crippen molar-refractivity contribution in [2.75, 3.05) is 46.3 Å². The highest BCUT2D eigenvalue weighted by Crippen LogP contribution is 2.27. The monoisotopic (exact) mass is 468 g/mol. The number of ether oxygens (including phenoxy) is 1. The lowest BCUT2D eigenvalue weighted by atomic mass is 9.90. The number of carbonyl (C=O) groups is 2. The predicted molar refractivity (Wildman–Crippen MR) is 129 cm³/mol. The van der Waals surface area contributed by atoms with Crippen molar-refractivity contribution in [2.45, 2.75) is 45.6 Å². The van der Waals surface area contributed by atoms with Crippen LogP contribution in [0.1, 0.15) is 36.3 Å². The van der Waals surface area contributed by atoms with Crippen molar-refractivity contribution in [3.05, 3.63) is 47.3 Å². The molecule has 1 aromatic heterocycles. The number of rotatable bonds is 7. The molecule has 0 unspecified atom stereocenters. The summed E-state index contributed by atoms with van der Waals surface area (Å²) in [5.41, 5.74) is 1.85. The van der Waals surface area contributed by atoms with Crippen molar-refractivity contribution in [2.24, 2.45) is 5.92 Å². The molecule has 2 amide bonds. The molecule has 4 rings (SSSR count). The van der Waals surface area contributed by atoms with Gasteiger partial charge in [-0.25, -0.2) is 0 Å². The highest BCUT2D eigenvalue weighted by Gasteiger charge is 2.35. The number of likely N-dealkylation sites (tertiary alicyclic amines) is 1. The Bertz CT molecular complexity index is 949. The van der Waals surface area contributed by atoms with Gasteiger partial charge < -0.3 is 24.0 Å². The molecule has 0 N–H and O–H groups in total. The summed E-state index contributed by atoms with van der Waals surface area (Å²) in [5, 5.41) is 3.99. The van der Waals surface area contributed by atoms with E-state index in [9.17, 15) is 9.59 Å². The normalized spacial score (nSPS) is 21.5. The standard InChI is InChI=1S/C26H36N4O4/c1-19-23(20(2)34-27-19)9-10-25(31)30-12-11-24(33-22-7-5-4-6-8-22)21(18-30)17-26(32)29-15-13-28(3)14-16-29/h4-8,21,24H,9-18H2,1-3H3/t21-,24-/m0/s1. The summed E-state index contributed by atoms with van der Waals surface area (Å²) in [5.74, 6) is 1.81. The molecule has 0 bridgehead atoms. The fraction of sp³-hybridized carbons (Fsp3) is 0.577. The fourth-order valence-electron chi connectivity index (χ4n) is 4.92. The van der Waals surface area contributed by atoms with E-state index in [1.807, 2.05) is 54.0 Å². The van der Waals surface area contributed by atoms with Crippen LogP contribution < -0.4 is 4.74 Å². The Hall–Kier alpha value is -2.87. The fourth-order valence-corrected chi connectivity index (χ4v) is 4.92. The Morgan fingerprint density at radius 1 is 1.03 bits per heavy atom. The first-order valence-electron chi connectivity index (χ1n) is 12.3. The van der Waals surface area contributed by atoms with E-state index in [0.29, 0.717) is 38.8 Å². The highest BCUT2D eigenvalue weighted by molar-refractivity contribution is 5.78.